The van der Waals surface area contributed by atoms with Crippen molar-refractivity contribution in [3.8, 4) is 11.3 Å². The molecule has 2 aromatic heterocycles. The number of rotatable bonds is 9. The van der Waals surface area contributed by atoms with E-state index in [-0.39, 0.29) is 0 Å². The lowest BCUT2D eigenvalue weighted by atomic mass is 10.1. The van der Waals surface area contributed by atoms with Gasteiger partial charge >= 0.3 is 0 Å². The summed E-state index contributed by atoms with van der Waals surface area (Å²) in [5.74, 6) is 0. The van der Waals surface area contributed by atoms with Gasteiger partial charge in [-0.25, -0.2) is 9.50 Å². The third-order valence-corrected chi connectivity index (χ3v) is 5.45. The summed E-state index contributed by atoms with van der Waals surface area (Å²) in [7, 11) is 0. The molecule has 1 aromatic carbocycles. The lowest BCUT2D eigenvalue weighted by Crippen LogP contribution is -1.88. The Hall–Kier alpha value is -1.39. The van der Waals surface area contributed by atoms with E-state index in [0.29, 0.717) is 0 Å². The van der Waals surface area contributed by atoms with Gasteiger partial charge in [0, 0.05) is 17.0 Å². The highest BCUT2D eigenvalue weighted by atomic mass is 35.5. The summed E-state index contributed by atoms with van der Waals surface area (Å²) in [5, 5.41) is 6.60. The van der Waals surface area contributed by atoms with Gasteiger partial charge in [-0.1, -0.05) is 80.5 Å². The molecule has 0 spiro atoms. The van der Waals surface area contributed by atoms with Crippen molar-refractivity contribution in [3.05, 3.63) is 40.5 Å². The van der Waals surface area contributed by atoms with E-state index in [1.165, 1.54) is 50.0 Å². The second-order valence-electron chi connectivity index (χ2n) is 6.23. The van der Waals surface area contributed by atoms with Crippen LogP contribution < -0.4 is 0 Å². The lowest BCUT2D eigenvalue weighted by Gasteiger charge is -1.99. The number of aromatic nitrogens is 3. The molecule has 0 fully saturated rings. The van der Waals surface area contributed by atoms with Gasteiger partial charge in [-0.2, -0.15) is 5.10 Å². The fraction of sp³-hybridized carbons (Fsp3) is 0.474. The minimum Gasteiger partial charge on any atom is -0.217 e. The van der Waals surface area contributed by atoms with E-state index in [2.05, 4.69) is 17.0 Å². The van der Waals surface area contributed by atoms with Gasteiger partial charge in [-0.05, 0) is 18.6 Å². The molecule has 128 valence electrons. The first-order valence-corrected chi connectivity index (χ1v) is 10.1. The van der Waals surface area contributed by atoms with E-state index in [0.717, 1.165) is 27.7 Å². The SMILES string of the molecule is CCCCCCCCCc1nn2cc(-c3ccc(Cl)cc3)nc2s1. The number of nitrogens with zero attached hydrogens (tertiary/aromatic N) is 3. The Balaban J connectivity index is 1.52. The monoisotopic (exact) mass is 361 g/mol. The van der Waals surface area contributed by atoms with Gasteiger partial charge in [0.25, 0.3) is 0 Å². The Morgan fingerprint density at radius 2 is 1.71 bits per heavy atom. The van der Waals surface area contributed by atoms with E-state index in [1.807, 2.05) is 35.0 Å². The Kier molecular flexibility index (Phi) is 6.27. The normalized spacial score (nSPS) is 11.4. The fourth-order valence-corrected chi connectivity index (χ4v) is 3.88. The van der Waals surface area contributed by atoms with Gasteiger partial charge < -0.3 is 0 Å². The Labute approximate surface area is 152 Å². The molecule has 0 amide bonds. The number of hydrogen-bond acceptors (Lipinski definition) is 3. The molecule has 0 bridgehead atoms. The first kappa shape index (κ1) is 17.4. The minimum absolute atomic E-state index is 0.745. The van der Waals surface area contributed by atoms with Crippen LogP contribution in [0.15, 0.2) is 30.5 Å². The Bertz CT molecular complexity index is 729. The molecule has 24 heavy (non-hydrogen) atoms. The molecule has 0 aliphatic carbocycles. The van der Waals surface area contributed by atoms with E-state index >= 15 is 0 Å². The first-order valence-electron chi connectivity index (χ1n) is 8.87. The average Bonchev–Trinajstić information content (AvgIpc) is 3.13. The highest BCUT2D eigenvalue weighted by Gasteiger charge is 2.09. The van der Waals surface area contributed by atoms with Crippen LogP contribution in [-0.4, -0.2) is 14.6 Å². The summed E-state index contributed by atoms with van der Waals surface area (Å²) >= 11 is 7.64. The highest BCUT2D eigenvalue weighted by molar-refractivity contribution is 7.16. The zero-order valence-corrected chi connectivity index (χ0v) is 15.7. The van der Waals surface area contributed by atoms with Gasteiger partial charge in [0.2, 0.25) is 4.96 Å². The van der Waals surface area contributed by atoms with E-state index in [4.69, 9.17) is 11.6 Å². The third kappa shape index (κ3) is 4.58. The van der Waals surface area contributed by atoms with Gasteiger partial charge in [0.05, 0.1) is 11.9 Å². The molecule has 0 saturated carbocycles. The number of fused-ring (bicyclic) bond motifs is 1. The second-order valence-corrected chi connectivity index (χ2v) is 7.70. The summed E-state index contributed by atoms with van der Waals surface area (Å²) < 4.78 is 1.91. The predicted molar refractivity (Wildman–Crippen MR) is 103 cm³/mol. The average molecular weight is 362 g/mol. The molecule has 0 N–H and O–H groups in total. The van der Waals surface area contributed by atoms with Gasteiger partial charge in [-0.3, -0.25) is 0 Å². The minimum atomic E-state index is 0.745. The van der Waals surface area contributed by atoms with Crippen LogP contribution in [0.2, 0.25) is 5.02 Å². The van der Waals surface area contributed by atoms with Crippen LogP contribution >= 0.6 is 22.9 Å². The van der Waals surface area contributed by atoms with Crippen LogP contribution in [-0.2, 0) is 6.42 Å². The molecular weight excluding hydrogens is 338 g/mol. The molecule has 5 heteroatoms. The maximum atomic E-state index is 5.94. The molecule has 0 atom stereocenters. The first-order chi connectivity index (χ1) is 11.8. The van der Waals surface area contributed by atoms with Gasteiger partial charge in [0.1, 0.15) is 5.01 Å². The van der Waals surface area contributed by atoms with Crippen LogP contribution in [0.4, 0.5) is 0 Å². The molecular formula is C19H24ClN3S. The van der Waals surface area contributed by atoms with Crippen molar-refractivity contribution >= 4 is 27.9 Å². The smallest absolute Gasteiger partial charge is 0.212 e. The molecule has 0 unspecified atom stereocenters. The number of unbranched alkanes of at least 4 members (excludes halogenated alkanes) is 6. The fourth-order valence-electron chi connectivity index (χ4n) is 2.84. The van der Waals surface area contributed by atoms with Crippen LogP contribution in [0.1, 0.15) is 56.9 Å². The second kappa shape index (κ2) is 8.63. The number of aryl methyl sites for hydroxylation is 1. The van der Waals surface area contributed by atoms with Crippen LogP contribution in [0.25, 0.3) is 16.2 Å². The van der Waals surface area contributed by atoms with Crippen LogP contribution in [0.3, 0.4) is 0 Å². The van der Waals surface area contributed by atoms with E-state index < -0.39 is 0 Å². The zero-order chi connectivity index (χ0) is 16.8. The standard InChI is InChI=1S/C19H24ClN3S/c1-2-3-4-5-6-7-8-9-18-22-23-14-17(21-19(23)24-18)15-10-12-16(20)13-11-15/h10-14H,2-9H2,1H3. The molecule has 0 saturated heterocycles. The van der Waals surface area contributed by atoms with Crippen molar-refractivity contribution in [2.24, 2.45) is 0 Å². The molecule has 3 rings (SSSR count). The van der Waals surface area contributed by atoms with Crippen molar-refractivity contribution in [2.75, 3.05) is 0 Å². The molecule has 3 nitrogen and oxygen atoms in total. The number of halogens is 1. The molecule has 3 aromatic rings. The van der Waals surface area contributed by atoms with Crippen molar-refractivity contribution < 1.29 is 0 Å². The zero-order valence-electron chi connectivity index (χ0n) is 14.2. The lowest BCUT2D eigenvalue weighted by molar-refractivity contribution is 0.588. The summed E-state index contributed by atoms with van der Waals surface area (Å²) in [6.45, 7) is 2.26. The summed E-state index contributed by atoms with van der Waals surface area (Å²) in [6.07, 6.45) is 12.4. The maximum Gasteiger partial charge on any atom is 0.212 e. The summed E-state index contributed by atoms with van der Waals surface area (Å²) in [5.41, 5.74) is 2.03. The predicted octanol–water partition coefficient (Wildman–Crippen LogP) is 6.40. The van der Waals surface area contributed by atoms with Crippen LogP contribution in [0.5, 0.6) is 0 Å². The number of benzene rings is 1. The number of imidazole rings is 1. The number of hydrogen-bond donors (Lipinski definition) is 0. The summed E-state index contributed by atoms with van der Waals surface area (Å²) in [6, 6.07) is 7.77. The Morgan fingerprint density at radius 1 is 1.00 bits per heavy atom. The largest absolute Gasteiger partial charge is 0.217 e. The van der Waals surface area contributed by atoms with E-state index in [9.17, 15) is 0 Å². The highest BCUT2D eigenvalue weighted by Crippen LogP contribution is 2.24. The topological polar surface area (TPSA) is 30.2 Å². The van der Waals surface area contributed by atoms with E-state index in [1.54, 1.807) is 11.3 Å². The molecule has 0 aliphatic heterocycles. The van der Waals surface area contributed by atoms with Crippen molar-refractivity contribution in [1.29, 1.82) is 0 Å². The van der Waals surface area contributed by atoms with Crippen LogP contribution in [0, 0.1) is 0 Å². The van der Waals surface area contributed by atoms with Gasteiger partial charge in [-0.15, -0.1) is 0 Å². The van der Waals surface area contributed by atoms with Crippen molar-refractivity contribution in [3.63, 3.8) is 0 Å². The molecule has 0 radical (unpaired) electrons. The summed E-state index contributed by atoms with van der Waals surface area (Å²) in [4.78, 5) is 5.66. The van der Waals surface area contributed by atoms with Gasteiger partial charge in [0.15, 0.2) is 0 Å². The third-order valence-electron chi connectivity index (χ3n) is 4.22. The molecule has 0 aliphatic rings. The quantitative estimate of drug-likeness (QED) is 0.412. The molecule has 2 heterocycles. The van der Waals surface area contributed by atoms with Crippen molar-refractivity contribution in [2.45, 2.75) is 58.3 Å². The maximum absolute atomic E-state index is 5.94. The Morgan fingerprint density at radius 3 is 2.42 bits per heavy atom. The van der Waals surface area contributed by atoms with Crippen molar-refractivity contribution in [1.82, 2.24) is 14.6 Å².